The van der Waals surface area contributed by atoms with Gasteiger partial charge in [0.25, 0.3) is 0 Å². The van der Waals surface area contributed by atoms with E-state index in [2.05, 4.69) is 13.2 Å². The quantitative estimate of drug-likeness (QED) is 0.437. The highest BCUT2D eigenvalue weighted by Crippen LogP contribution is 2.03. The number of nitrogens with zero attached hydrogens (tertiary/aromatic N) is 1. The Morgan fingerprint density at radius 2 is 1.91 bits per heavy atom. The second-order valence-electron chi connectivity index (χ2n) is 1.68. The van der Waals surface area contributed by atoms with Crippen LogP contribution in [0.15, 0.2) is 36.5 Å². The molecule has 0 aromatic rings. The third kappa shape index (κ3) is 6.60. The molecule has 11 heavy (non-hydrogen) atoms. The topological polar surface area (TPSA) is 23.8 Å². The molecule has 0 aromatic heterocycles. The Morgan fingerprint density at radius 1 is 1.45 bits per heavy atom. The first-order valence-electron chi connectivity index (χ1n) is 3.61. The summed E-state index contributed by atoms with van der Waals surface area (Å²) in [6.07, 6.45) is 3.39. The third-order valence-electron chi connectivity index (χ3n) is 0.979. The minimum absolute atomic E-state index is 0.495. The van der Waals surface area contributed by atoms with Crippen LogP contribution in [0.25, 0.3) is 0 Å². The van der Waals surface area contributed by atoms with Crippen molar-refractivity contribution in [3.63, 3.8) is 0 Å². The minimum atomic E-state index is 0.495. The molecule has 0 bridgehead atoms. The Balaban J connectivity index is 0. The van der Waals surface area contributed by atoms with E-state index in [1.54, 1.807) is 12.2 Å². The fraction of sp³-hybridized carbons (Fsp3) is 0.300. The zero-order valence-corrected chi connectivity index (χ0v) is 7.52. The van der Waals surface area contributed by atoms with Gasteiger partial charge in [0.1, 0.15) is 0 Å². The molecule has 60 valence electrons. The van der Waals surface area contributed by atoms with E-state index in [1.165, 1.54) is 0 Å². The first-order chi connectivity index (χ1) is 5.22. The van der Waals surface area contributed by atoms with Gasteiger partial charge in [-0.15, -0.1) is 0 Å². The van der Waals surface area contributed by atoms with Crippen molar-refractivity contribution in [1.29, 1.82) is 5.26 Å². The number of nitriles is 1. The van der Waals surface area contributed by atoms with E-state index in [-0.39, 0.29) is 0 Å². The molecule has 0 atom stereocenters. The number of rotatable bonds is 2. The molecule has 0 N–H and O–H groups in total. The molecule has 0 aliphatic heterocycles. The zero-order valence-electron chi connectivity index (χ0n) is 7.52. The standard InChI is InChI=1S/C8H9N.C2H6/c1-4-5-7(2)8(3)6-9;1-2/h4-5H,1,3H2,2H3;1-2H3/b7-5-;. The highest BCUT2D eigenvalue weighted by molar-refractivity contribution is 5.39. The van der Waals surface area contributed by atoms with Gasteiger partial charge in [-0.1, -0.05) is 39.2 Å². The van der Waals surface area contributed by atoms with Crippen LogP contribution in [0.5, 0.6) is 0 Å². The largest absolute Gasteiger partial charge is 0.192 e. The van der Waals surface area contributed by atoms with Crippen LogP contribution in [0.3, 0.4) is 0 Å². The summed E-state index contributed by atoms with van der Waals surface area (Å²) in [7, 11) is 0. The molecule has 0 rings (SSSR count). The number of hydrogen-bond acceptors (Lipinski definition) is 1. The van der Waals surface area contributed by atoms with Crippen molar-refractivity contribution in [3.05, 3.63) is 36.5 Å². The fourth-order valence-electron chi connectivity index (χ4n) is 0.366. The third-order valence-corrected chi connectivity index (χ3v) is 0.979. The van der Waals surface area contributed by atoms with Crippen molar-refractivity contribution < 1.29 is 0 Å². The fourth-order valence-corrected chi connectivity index (χ4v) is 0.366. The maximum atomic E-state index is 8.31. The number of hydrogen-bond donors (Lipinski definition) is 0. The zero-order chi connectivity index (χ0) is 9.28. The van der Waals surface area contributed by atoms with Crippen LogP contribution in [0.2, 0.25) is 0 Å². The summed E-state index contributed by atoms with van der Waals surface area (Å²) in [5.74, 6) is 0. The van der Waals surface area contributed by atoms with Gasteiger partial charge in [-0.25, -0.2) is 0 Å². The Hall–Kier alpha value is -1.29. The summed E-state index contributed by atoms with van der Waals surface area (Å²) in [5, 5.41) is 8.31. The Kier molecular flexibility index (Phi) is 9.81. The van der Waals surface area contributed by atoms with E-state index in [1.807, 2.05) is 26.8 Å². The van der Waals surface area contributed by atoms with Crippen LogP contribution < -0.4 is 0 Å². The van der Waals surface area contributed by atoms with Gasteiger partial charge in [-0.05, 0) is 12.5 Å². The Labute approximate surface area is 69.4 Å². The highest BCUT2D eigenvalue weighted by Gasteiger charge is 1.89. The molecular formula is C10H15N. The molecule has 0 spiro atoms. The molecule has 0 unspecified atom stereocenters. The first-order valence-corrected chi connectivity index (χ1v) is 3.61. The van der Waals surface area contributed by atoms with Crippen molar-refractivity contribution in [2.75, 3.05) is 0 Å². The van der Waals surface area contributed by atoms with Gasteiger partial charge < -0.3 is 0 Å². The molecule has 0 aliphatic rings. The molecular weight excluding hydrogens is 134 g/mol. The van der Waals surface area contributed by atoms with Crippen molar-refractivity contribution in [2.24, 2.45) is 0 Å². The predicted octanol–water partition coefficient (Wildman–Crippen LogP) is 3.22. The van der Waals surface area contributed by atoms with Crippen LogP contribution in [0, 0.1) is 11.3 Å². The lowest BCUT2D eigenvalue weighted by Gasteiger charge is -1.89. The van der Waals surface area contributed by atoms with E-state index in [9.17, 15) is 0 Å². The van der Waals surface area contributed by atoms with Crippen LogP contribution in [-0.4, -0.2) is 0 Å². The molecule has 0 saturated carbocycles. The van der Waals surface area contributed by atoms with Crippen molar-refractivity contribution in [3.8, 4) is 6.07 Å². The van der Waals surface area contributed by atoms with Crippen LogP contribution in [-0.2, 0) is 0 Å². The summed E-state index contributed by atoms with van der Waals surface area (Å²) in [4.78, 5) is 0. The molecule has 0 aromatic carbocycles. The van der Waals surface area contributed by atoms with Crippen LogP contribution in [0.1, 0.15) is 20.8 Å². The lowest BCUT2D eigenvalue weighted by molar-refractivity contribution is 1.41. The summed E-state index contributed by atoms with van der Waals surface area (Å²) in [5.41, 5.74) is 1.36. The average Bonchev–Trinajstić information content (AvgIpc) is 2.07. The molecule has 0 fully saturated rings. The van der Waals surface area contributed by atoms with Crippen molar-refractivity contribution in [1.82, 2.24) is 0 Å². The van der Waals surface area contributed by atoms with Gasteiger partial charge in [0.05, 0.1) is 6.07 Å². The van der Waals surface area contributed by atoms with E-state index in [4.69, 9.17) is 5.26 Å². The predicted molar refractivity (Wildman–Crippen MR) is 50.1 cm³/mol. The van der Waals surface area contributed by atoms with Crippen molar-refractivity contribution >= 4 is 0 Å². The molecule has 0 saturated heterocycles. The van der Waals surface area contributed by atoms with Gasteiger partial charge >= 0.3 is 0 Å². The average molecular weight is 149 g/mol. The van der Waals surface area contributed by atoms with Crippen molar-refractivity contribution in [2.45, 2.75) is 20.8 Å². The maximum absolute atomic E-state index is 8.31. The van der Waals surface area contributed by atoms with Gasteiger partial charge in [0.2, 0.25) is 0 Å². The summed E-state index contributed by atoms with van der Waals surface area (Å²) >= 11 is 0. The number of allylic oxidation sites excluding steroid dienone is 4. The summed E-state index contributed by atoms with van der Waals surface area (Å²) < 4.78 is 0. The molecule has 0 heterocycles. The second-order valence-corrected chi connectivity index (χ2v) is 1.68. The summed E-state index contributed by atoms with van der Waals surface area (Å²) in [6.45, 7) is 12.8. The smallest absolute Gasteiger partial charge is 0.0988 e. The van der Waals surface area contributed by atoms with E-state index >= 15 is 0 Å². The SMILES string of the molecule is C=C/C=C(/C)C(=C)C#N.CC. The molecule has 0 aliphatic carbocycles. The Bertz CT molecular complexity index is 191. The summed E-state index contributed by atoms with van der Waals surface area (Å²) in [6, 6.07) is 1.94. The van der Waals surface area contributed by atoms with Gasteiger partial charge in [0, 0.05) is 5.57 Å². The molecule has 1 nitrogen and oxygen atoms in total. The minimum Gasteiger partial charge on any atom is -0.192 e. The van der Waals surface area contributed by atoms with E-state index in [0.717, 1.165) is 5.57 Å². The monoisotopic (exact) mass is 149 g/mol. The highest BCUT2D eigenvalue weighted by atomic mass is 14.2. The van der Waals surface area contributed by atoms with E-state index < -0.39 is 0 Å². The maximum Gasteiger partial charge on any atom is 0.0988 e. The lowest BCUT2D eigenvalue weighted by Crippen LogP contribution is -1.75. The Morgan fingerprint density at radius 3 is 2.18 bits per heavy atom. The van der Waals surface area contributed by atoms with Crippen LogP contribution in [0.4, 0.5) is 0 Å². The van der Waals surface area contributed by atoms with Gasteiger partial charge in [0.15, 0.2) is 0 Å². The first kappa shape index (κ1) is 12.4. The van der Waals surface area contributed by atoms with Gasteiger partial charge in [-0.3, -0.25) is 0 Å². The lowest BCUT2D eigenvalue weighted by atomic mass is 10.1. The van der Waals surface area contributed by atoms with Crippen LogP contribution >= 0.6 is 0 Å². The van der Waals surface area contributed by atoms with Gasteiger partial charge in [-0.2, -0.15) is 5.26 Å². The van der Waals surface area contributed by atoms with E-state index in [0.29, 0.717) is 5.57 Å². The molecule has 0 radical (unpaired) electrons. The molecule has 1 heteroatoms. The second kappa shape index (κ2) is 8.71. The normalized spacial score (nSPS) is 8.73. The molecule has 0 amide bonds.